The molecule has 0 aromatic rings. The van der Waals surface area contributed by atoms with Gasteiger partial charge in [-0.1, -0.05) is 6.58 Å². The first-order valence-electron chi connectivity index (χ1n) is 2.20. The molecule has 0 spiro atoms. The van der Waals surface area contributed by atoms with Crippen LogP contribution in [0.3, 0.4) is 0 Å². The van der Waals surface area contributed by atoms with Crippen LogP contribution in [-0.4, -0.2) is 23.7 Å². The van der Waals surface area contributed by atoms with Gasteiger partial charge >= 0.3 is 8.60 Å². The van der Waals surface area contributed by atoms with Gasteiger partial charge in [-0.3, -0.25) is 0 Å². The predicted octanol–water partition coefficient (Wildman–Crippen LogP) is 0.375. The molecule has 0 heterocycles. The zero-order valence-electron chi connectivity index (χ0n) is 5.07. The monoisotopic (exact) mass is 152 g/mol. The molecule has 0 aliphatic heterocycles. The highest BCUT2D eigenvalue weighted by molar-refractivity contribution is 7.40. The maximum absolute atomic E-state index is 8.61. The summed E-state index contributed by atoms with van der Waals surface area (Å²) < 4.78 is 8.85. The summed E-state index contributed by atoms with van der Waals surface area (Å²) >= 11 is 0. The summed E-state index contributed by atoms with van der Waals surface area (Å²) in [5, 5.41) is 8.30. The molecule has 0 radical (unpaired) electrons. The Hall–Kier alpha value is -0.150. The zero-order chi connectivity index (χ0) is 7.28. The molecule has 0 saturated heterocycles. The van der Waals surface area contributed by atoms with Crippen LogP contribution in [-0.2, 0) is 9.05 Å². The predicted molar refractivity (Wildman–Crippen MR) is 33.5 cm³/mol. The van der Waals surface area contributed by atoms with E-state index in [1.807, 2.05) is 0 Å². The molecule has 0 amide bonds. The minimum absolute atomic E-state index is 0.102. The van der Waals surface area contributed by atoms with E-state index >= 15 is 0 Å². The molecular formula is C4H9O4P. The Morgan fingerprint density at radius 3 is 2.67 bits per heavy atom. The van der Waals surface area contributed by atoms with Crippen LogP contribution in [0.25, 0.3) is 0 Å². The lowest BCUT2D eigenvalue weighted by Gasteiger charge is -2.07. The molecule has 0 aliphatic rings. The van der Waals surface area contributed by atoms with Crippen LogP contribution in [0.5, 0.6) is 0 Å². The van der Waals surface area contributed by atoms with Gasteiger partial charge in [0.15, 0.2) is 0 Å². The summed E-state index contributed by atoms with van der Waals surface area (Å²) in [6.45, 7) is 2.96. The van der Waals surface area contributed by atoms with E-state index in [2.05, 4.69) is 15.6 Å². The van der Waals surface area contributed by atoms with Crippen LogP contribution in [0.2, 0.25) is 0 Å². The number of aliphatic hydroxyl groups is 1. The van der Waals surface area contributed by atoms with Crippen molar-refractivity contribution in [1.29, 1.82) is 0 Å². The molecule has 5 heteroatoms. The Kier molecular flexibility index (Phi) is 4.62. The van der Waals surface area contributed by atoms with Gasteiger partial charge < -0.3 is 19.0 Å². The maximum Gasteiger partial charge on any atom is 0.393 e. The minimum atomic E-state index is -1.88. The largest absolute Gasteiger partial charge is 0.430 e. The summed E-state index contributed by atoms with van der Waals surface area (Å²) in [5.41, 5.74) is 0. The van der Waals surface area contributed by atoms with Crippen LogP contribution in [0.15, 0.2) is 12.3 Å². The van der Waals surface area contributed by atoms with Crippen molar-refractivity contribution in [3.05, 3.63) is 12.3 Å². The molecule has 1 atom stereocenters. The topological polar surface area (TPSA) is 58.9 Å². The fourth-order valence-corrected chi connectivity index (χ4v) is 0.530. The third-order valence-electron chi connectivity index (χ3n) is 0.540. The molecule has 0 bridgehead atoms. The minimum Gasteiger partial charge on any atom is -0.430 e. The van der Waals surface area contributed by atoms with E-state index in [1.165, 1.54) is 7.11 Å². The Morgan fingerprint density at radius 2 is 2.33 bits per heavy atom. The molecule has 0 fully saturated rings. The highest BCUT2D eigenvalue weighted by atomic mass is 31.2. The van der Waals surface area contributed by atoms with Crippen molar-refractivity contribution >= 4 is 8.60 Å². The highest BCUT2D eigenvalue weighted by Crippen LogP contribution is 2.33. The average Bonchev–Trinajstić information content (AvgIpc) is 1.87. The lowest BCUT2D eigenvalue weighted by Crippen LogP contribution is -1.91. The molecule has 0 aromatic carbocycles. The summed E-state index contributed by atoms with van der Waals surface area (Å²) in [6.07, 6.45) is 0. The van der Waals surface area contributed by atoms with Gasteiger partial charge in [0.05, 0.1) is 0 Å². The highest BCUT2D eigenvalue weighted by Gasteiger charge is 2.04. The molecule has 0 saturated carbocycles. The van der Waals surface area contributed by atoms with Gasteiger partial charge in [-0.2, -0.15) is 0 Å². The van der Waals surface area contributed by atoms with E-state index in [-0.39, 0.29) is 12.4 Å². The molecule has 54 valence electrons. The van der Waals surface area contributed by atoms with E-state index < -0.39 is 8.60 Å². The number of aliphatic hydroxyl groups excluding tert-OH is 1. The second-order valence-corrected chi connectivity index (χ2v) is 2.23. The van der Waals surface area contributed by atoms with Crippen molar-refractivity contribution in [2.24, 2.45) is 0 Å². The molecule has 1 unspecified atom stereocenters. The van der Waals surface area contributed by atoms with Crippen LogP contribution in [0.4, 0.5) is 0 Å². The molecule has 4 nitrogen and oxygen atoms in total. The van der Waals surface area contributed by atoms with E-state index in [9.17, 15) is 0 Å². The van der Waals surface area contributed by atoms with Gasteiger partial charge in [0.1, 0.15) is 12.4 Å². The molecule has 0 aliphatic carbocycles. The second-order valence-electron chi connectivity index (χ2n) is 1.21. The Balaban J connectivity index is 3.34. The fraction of sp³-hybridized carbons (Fsp3) is 0.500. The van der Waals surface area contributed by atoms with Gasteiger partial charge in [-0.05, 0) is 0 Å². The van der Waals surface area contributed by atoms with Crippen molar-refractivity contribution in [1.82, 2.24) is 0 Å². The van der Waals surface area contributed by atoms with Crippen LogP contribution < -0.4 is 0 Å². The third kappa shape index (κ3) is 4.36. The first kappa shape index (κ1) is 8.85. The van der Waals surface area contributed by atoms with E-state index in [1.54, 1.807) is 0 Å². The molecule has 0 aromatic heterocycles. The molecule has 2 N–H and O–H groups in total. The summed E-state index contributed by atoms with van der Waals surface area (Å²) in [5.74, 6) is 0.102. The normalized spacial score (nSPS) is 12.8. The SMILES string of the molecule is C=C(CO)OP(O)OC. The fourth-order valence-electron chi connectivity index (χ4n) is 0.177. The van der Waals surface area contributed by atoms with Crippen molar-refractivity contribution in [2.75, 3.05) is 13.7 Å². The van der Waals surface area contributed by atoms with Gasteiger partial charge in [0.2, 0.25) is 0 Å². The standard InChI is InChI=1S/C4H9O4P/c1-4(3-5)8-9(6)7-2/h5-6H,1,3H2,2H3. The first-order chi connectivity index (χ1) is 4.20. The Bertz CT molecular complexity index is 94.6. The quantitative estimate of drug-likeness (QED) is 0.451. The zero-order valence-corrected chi connectivity index (χ0v) is 5.97. The summed E-state index contributed by atoms with van der Waals surface area (Å²) in [4.78, 5) is 8.61. The maximum atomic E-state index is 8.61. The van der Waals surface area contributed by atoms with Gasteiger partial charge in [0.25, 0.3) is 0 Å². The number of hydrogen-bond donors (Lipinski definition) is 2. The molecule has 0 rings (SSSR count). The number of rotatable bonds is 4. The van der Waals surface area contributed by atoms with Crippen molar-refractivity contribution < 1.29 is 19.0 Å². The molecular weight excluding hydrogens is 143 g/mol. The van der Waals surface area contributed by atoms with Crippen LogP contribution >= 0.6 is 8.60 Å². The van der Waals surface area contributed by atoms with Gasteiger partial charge in [-0.25, -0.2) is 0 Å². The van der Waals surface area contributed by atoms with Crippen molar-refractivity contribution in [3.8, 4) is 0 Å². The van der Waals surface area contributed by atoms with Gasteiger partial charge in [-0.15, -0.1) is 0 Å². The molecule has 9 heavy (non-hydrogen) atoms. The van der Waals surface area contributed by atoms with Gasteiger partial charge in [0, 0.05) is 7.11 Å². The Labute approximate surface area is 54.7 Å². The summed E-state index contributed by atoms with van der Waals surface area (Å²) in [7, 11) is -0.581. The first-order valence-corrected chi connectivity index (χ1v) is 3.33. The smallest absolute Gasteiger partial charge is 0.393 e. The third-order valence-corrected chi connectivity index (χ3v) is 1.27. The van der Waals surface area contributed by atoms with Crippen LogP contribution in [0.1, 0.15) is 0 Å². The number of hydrogen-bond acceptors (Lipinski definition) is 4. The van der Waals surface area contributed by atoms with Crippen molar-refractivity contribution in [3.63, 3.8) is 0 Å². The second kappa shape index (κ2) is 4.70. The van der Waals surface area contributed by atoms with E-state index in [0.717, 1.165) is 0 Å². The summed E-state index contributed by atoms with van der Waals surface area (Å²) in [6, 6.07) is 0. The van der Waals surface area contributed by atoms with Crippen LogP contribution in [0, 0.1) is 0 Å². The van der Waals surface area contributed by atoms with Crippen molar-refractivity contribution in [2.45, 2.75) is 0 Å². The lowest BCUT2D eigenvalue weighted by molar-refractivity contribution is 0.227. The Morgan fingerprint density at radius 1 is 1.78 bits per heavy atom. The van der Waals surface area contributed by atoms with E-state index in [4.69, 9.17) is 10.00 Å². The lowest BCUT2D eigenvalue weighted by atomic mass is 10.6. The average molecular weight is 152 g/mol. The van der Waals surface area contributed by atoms with E-state index in [0.29, 0.717) is 0 Å².